The molecule has 0 fully saturated rings. The number of rotatable bonds is 6. The number of nitrogens with zero attached hydrogens (tertiary/aromatic N) is 2. The molecule has 2 aromatic carbocycles. The van der Waals surface area contributed by atoms with Gasteiger partial charge in [0.05, 0.1) is 12.3 Å². The first-order chi connectivity index (χ1) is 12.4. The molecule has 26 heavy (non-hydrogen) atoms. The predicted octanol–water partition coefficient (Wildman–Crippen LogP) is 2.04. The maximum Gasteiger partial charge on any atom is 0.217 e. The molecule has 0 aromatic heterocycles. The second-order valence-corrected chi connectivity index (χ2v) is 8.69. The molecule has 2 N–H and O–H groups in total. The number of guanidine groups is 1. The van der Waals surface area contributed by atoms with E-state index in [1.54, 1.807) is 14.1 Å². The van der Waals surface area contributed by atoms with Crippen molar-refractivity contribution in [1.29, 1.82) is 0 Å². The van der Waals surface area contributed by atoms with E-state index in [0.717, 1.165) is 42.3 Å². The van der Waals surface area contributed by atoms with Crippen molar-refractivity contribution < 1.29 is 8.42 Å². The average Bonchev–Trinajstić information content (AvgIpc) is 3.11. The first kappa shape index (κ1) is 18.4. The lowest BCUT2D eigenvalue weighted by Gasteiger charge is -2.11. The Bertz CT molecular complexity index is 873. The fraction of sp³-hybridized carbons (Fsp3) is 0.316. The summed E-state index contributed by atoms with van der Waals surface area (Å²) in [5.41, 5.74) is 4.15. The number of anilines is 1. The predicted molar refractivity (Wildman–Crippen MR) is 106 cm³/mol. The van der Waals surface area contributed by atoms with Crippen LogP contribution >= 0.6 is 0 Å². The quantitative estimate of drug-likeness (QED) is 0.814. The first-order valence-electron chi connectivity index (χ1n) is 8.55. The topological polar surface area (TPSA) is 73.8 Å². The summed E-state index contributed by atoms with van der Waals surface area (Å²) in [6, 6.07) is 16.0. The first-order valence-corrected chi connectivity index (χ1v) is 10.2. The van der Waals surface area contributed by atoms with E-state index in [1.807, 2.05) is 36.4 Å². The van der Waals surface area contributed by atoms with Crippen molar-refractivity contribution in [1.82, 2.24) is 9.62 Å². The maximum absolute atomic E-state index is 11.9. The number of sulfonamides is 1. The van der Waals surface area contributed by atoms with Gasteiger partial charge in [-0.25, -0.2) is 12.7 Å². The average molecular weight is 372 g/mol. The molecular weight excluding hydrogens is 348 g/mol. The molecule has 0 bridgehead atoms. The lowest BCUT2D eigenvalue weighted by Crippen LogP contribution is -2.26. The molecule has 0 aliphatic carbocycles. The van der Waals surface area contributed by atoms with Crippen LogP contribution in [-0.2, 0) is 22.2 Å². The summed E-state index contributed by atoms with van der Waals surface area (Å²) in [5.74, 6) is 0.847. The highest BCUT2D eigenvalue weighted by atomic mass is 32.2. The van der Waals surface area contributed by atoms with Gasteiger partial charge in [0.15, 0.2) is 5.96 Å². The third kappa shape index (κ3) is 4.83. The van der Waals surface area contributed by atoms with E-state index in [2.05, 4.69) is 27.8 Å². The van der Waals surface area contributed by atoms with E-state index in [4.69, 9.17) is 0 Å². The fourth-order valence-corrected chi connectivity index (χ4v) is 3.52. The number of hydrogen-bond acceptors (Lipinski definition) is 5. The summed E-state index contributed by atoms with van der Waals surface area (Å²) in [6.45, 7) is 1.69. The molecule has 1 aliphatic rings. The third-order valence-corrected chi connectivity index (χ3v) is 6.04. The van der Waals surface area contributed by atoms with Crippen LogP contribution in [0.2, 0.25) is 0 Å². The molecule has 0 spiro atoms. The summed E-state index contributed by atoms with van der Waals surface area (Å²) in [5, 5.41) is 6.43. The zero-order chi connectivity index (χ0) is 18.6. The summed E-state index contributed by atoms with van der Waals surface area (Å²) in [7, 11) is -0.120. The van der Waals surface area contributed by atoms with Crippen molar-refractivity contribution in [2.75, 3.05) is 32.5 Å². The van der Waals surface area contributed by atoms with Crippen LogP contribution in [0.5, 0.6) is 0 Å². The number of hydrogen-bond donors (Lipinski definition) is 2. The van der Waals surface area contributed by atoms with Crippen molar-refractivity contribution in [3.63, 3.8) is 0 Å². The molecule has 7 heteroatoms. The van der Waals surface area contributed by atoms with Crippen LogP contribution < -0.4 is 10.6 Å². The lowest BCUT2D eigenvalue weighted by atomic mass is 10.0. The molecule has 1 aliphatic heterocycles. The summed E-state index contributed by atoms with van der Waals surface area (Å²) < 4.78 is 25.1. The third-order valence-electron chi connectivity index (χ3n) is 4.23. The molecule has 0 radical (unpaired) electrons. The van der Waals surface area contributed by atoms with E-state index in [1.165, 1.54) is 9.87 Å². The molecule has 0 amide bonds. The minimum Gasteiger partial charge on any atom is -0.354 e. The Labute approximate surface area is 155 Å². The molecule has 2 aromatic rings. The van der Waals surface area contributed by atoms with Crippen LogP contribution in [0.3, 0.4) is 0 Å². The van der Waals surface area contributed by atoms with Crippen LogP contribution in [0.15, 0.2) is 53.5 Å². The second-order valence-electron chi connectivity index (χ2n) is 6.51. The van der Waals surface area contributed by atoms with Gasteiger partial charge in [0.25, 0.3) is 0 Å². The van der Waals surface area contributed by atoms with Gasteiger partial charge >= 0.3 is 0 Å². The van der Waals surface area contributed by atoms with Gasteiger partial charge in [-0.15, -0.1) is 0 Å². The zero-order valence-corrected chi connectivity index (χ0v) is 15.9. The van der Waals surface area contributed by atoms with Crippen LogP contribution in [0.4, 0.5) is 5.69 Å². The highest BCUT2D eigenvalue weighted by molar-refractivity contribution is 7.88. The van der Waals surface area contributed by atoms with Crippen molar-refractivity contribution >= 4 is 21.7 Å². The van der Waals surface area contributed by atoms with E-state index in [9.17, 15) is 8.42 Å². The van der Waals surface area contributed by atoms with Crippen molar-refractivity contribution in [2.24, 2.45) is 4.99 Å². The largest absolute Gasteiger partial charge is 0.354 e. The fourth-order valence-electron chi connectivity index (χ4n) is 2.65. The highest BCUT2D eigenvalue weighted by Gasteiger charge is 2.14. The zero-order valence-electron chi connectivity index (χ0n) is 15.1. The monoisotopic (exact) mass is 372 g/mol. The van der Waals surface area contributed by atoms with Crippen LogP contribution in [0.1, 0.15) is 16.7 Å². The number of nitrogens with one attached hydrogen (secondary N) is 2. The van der Waals surface area contributed by atoms with Crippen molar-refractivity contribution in [2.45, 2.75) is 12.2 Å². The molecule has 138 valence electrons. The van der Waals surface area contributed by atoms with E-state index in [0.29, 0.717) is 0 Å². The van der Waals surface area contributed by atoms with E-state index in [-0.39, 0.29) is 5.75 Å². The van der Waals surface area contributed by atoms with Crippen molar-refractivity contribution in [3.8, 4) is 0 Å². The van der Waals surface area contributed by atoms with E-state index < -0.39 is 10.0 Å². The van der Waals surface area contributed by atoms with Gasteiger partial charge in [-0.3, -0.25) is 4.99 Å². The SMILES string of the molecule is CN(C)S(=O)(=O)Cc1ccc(Cc2ccc(NC3=NCCN3)cc2)cc1. The molecule has 0 saturated heterocycles. The molecule has 0 unspecified atom stereocenters. The lowest BCUT2D eigenvalue weighted by molar-refractivity contribution is 0.519. The Kier molecular flexibility index (Phi) is 5.58. The van der Waals surface area contributed by atoms with Gasteiger partial charge < -0.3 is 10.6 Å². The molecule has 0 saturated carbocycles. The summed E-state index contributed by atoms with van der Waals surface area (Å²) in [6.07, 6.45) is 0.806. The standard InChI is InChI=1S/C19H24N4O2S/c1-23(2)26(24,25)14-17-5-3-15(4-6-17)13-16-7-9-18(10-8-16)22-19-20-11-12-21-19/h3-10H,11-14H2,1-2H3,(H2,20,21,22). The molecular formula is C19H24N4O2S. The Morgan fingerprint density at radius 2 is 1.58 bits per heavy atom. The Morgan fingerprint density at radius 3 is 2.12 bits per heavy atom. The second kappa shape index (κ2) is 7.88. The van der Waals surface area contributed by atoms with Gasteiger partial charge in [-0.2, -0.15) is 0 Å². The number of benzene rings is 2. The highest BCUT2D eigenvalue weighted by Crippen LogP contribution is 2.16. The van der Waals surface area contributed by atoms with Gasteiger partial charge in [-0.1, -0.05) is 36.4 Å². The van der Waals surface area contributed by atoms with Crippen LogP contribution in [0.25, 0.3) is 0 Å². The maximum atomic E-state index is 11.9. The van der Waals surface area contributed by atoms with E-state index >= 15 is 0 Å². The van der Waals surface area contributed by atoms with Gasteiger partial charge in [-0.05, 0) is 35.2 Å². The summed E-state index contributed by atoms with van der Waals surface area (Å²) in [4.78, 5) is 4.31. The van der Waals surface area contributed by atoms with Gasteiger partial charge in [0, 0.05) is 26.3 Å². The van der Waals surface area contributed by atoms with Crippen molar-refractivity contribution in [3.05, 3.63) is 65.2 Å². The molecule has 1 heterocycles. The Hall–Kier alpha value is -2.38. The molecule has 3 rings (SSSR count). The van der Waals surface area contributed by atoms with Gasteiger partial charge in [0.1, 0.15) is 0 Å². The minimum atomic E-state index is -3.23. The smallest absolute Gasteiger partial charge is 0.217 e. The molecule has 0 atom stereocenters. The van der Waals surface area contributed by atoms with Crippen LogP contribution in [0, 0.1) is 0 Å². The number of aliphatic imine (C=N–C) groups is 1. The summed E-state index contributed by atoms with van der Waals surface area (Å²) >= 11 is 0. The van der Waals surface area contributed by atoms with Gasteiger partial charge in [0.2, 0.25) is 10.0 Å². The Balaban J connectivity index is 1.60. The minimum absolute atomic E-state index is 0.0264. The normalized spacial score (nSPS) is 14.2. The Morgan fingerprint density at radius 1 is 1.00 bits per heavy atom. The van der Waals surface area contributed by atoms with Crippen LogP contribution in [-0.4, -0.2) is 45.9 Å². The molecule has 6 nitrogen and oxygen atoms in total.